The van der Waals surface area contributed by atoms with E-state index in [4.69, 9.17) is 28.6 Å². The van der Waals surface area contributed by atoms with E-state index in [9.17, 15) is 4.79 Å². The molecule has 1 fully saturated rings. The highest BCUT2D eigenvalue weighted by Gasteiger charge is 2.25. The number of quaternary nitrogens is 1. The van der Waals surface area contributed by atoms with Crippen molar-refractivity contribution in [3.8, 4) is 11.4 Å². The fourth-order valence-electron chi connectivity index (χ4n) is 3.06. The molecule has 9 heteroatoms. The molecule has 1 saturated heterocycles. The number of halogens is 1. The van der Waals surface area contributed by atoms with E-state index in [-0.39, 0.29) is 6.09 Å². The average Bonchev–Trinajstić information content (AvgIpc) is 2.91. The highest BCUT2D eigenvalue weighted by Crippen LogP contribution is 2.25. The van der Waals surface area contributed by atoms with Crippen LogP contribution < -0.4 is 4.90 Å². The van der Waals surface area contributed by atoms with Crippen LogP contribution in [0.3, 0.4) is 0 Å². The van der Waals surface area contributed by atoms with Crippen LogP contribution in [-0.2, 0) is 18.5 Å². The molecule has 0 unspecified atom stereocenters. The number of hydrogen-bond acceptors (Lipinski definition) is 4. The van der Waals surface area contributed by atoms with Crippen LogP contribution >= 0.6 is 23.8 Å². The van der Waals surface area contributed by atoms with E-state index in [1.165, 1.54) is 4.90 Å². The number of benzene rings is 1. The Kier molecular flexibility index (Phi) is 5.95. The topological polar surface area (TPSA) is 56.7 Å². The summed E-state index contributed by atoms with van der Waals surface area (Å²) in [4.78, 5) is 14.9. The van der Waals surface area contributed by atoms with Crippen molar-refractivity contribution in [3.05, 3.63) is 34.1 Å². The smallest absolute Gasteiger partial charge is 0.410 e. The molecule has 1 aliphatic rings. The SMILES string of the molecule is CCOC(=O)N1CC[NH+](Cn2nc(-c3ccccc3Cl)n(C)c2=S)CC1. The molecular weight excluding hydrogens is 374 g/mol. The molecule has 3 rings (SSSR count). The maximum atomic E-state index is 11.8. The van der Waals surface area contributed by atoms with Gasteiger partial charge in [-0.3, -0.25) is 4.90 Å². The molecule has 0 aliphatic carbocycles. The molecule has 2 heterocycles. The standard InChI is InChI=1S/C17H22ClN5O2S/c1-3-25-17(24)22-10-8-21(9-11-22)12-23-16(26)20(2)15(19-23)13-6-4-5-7-14(13)18/h4-7H,3,8-12H2,1-2H3/p+1. The number of piperazine rings is 1. The minimum absolute atomic E-state index is 0.234. The Hall–Kier alpha value is -1.90. The molecule has 2 aromatic rings. The molecule has 0 saturated carbocycles. The van der Waals surface area contributed by atoms with Gasteiger partial charge >= 0.3 is 6.09 Å². The first-order valence-electron chi connectivity index (χ1n) is 8.65. The van der Waals surface area contributed by atoms with Crippen molar-refractivity contribution < 1.29 is 14.4 Å². The van der Waals surface area contributed by atoms with E-state index in [2.05, 4.69) is 5.10 Å². The van der Waals surface area contributed by atoms with Crippen LogP contribution in [0.1, 0.15) is 6.92 Å². The van der Waals surface area contributed by atoms with Gasteiger partial charge in [0.1, 0.15) is 0 Å². The summed E-state index contributed by atoms with van der Waals surface area (Å²) in [6, 6.07) is 7.61. The van der Waals surface area contributed by atoms with Gasteiger partial charge in [-0.1, -0.05) is 23.7 Å². The molecule has 1 amide bonds. The summed E-state index contributed by atoms with van der Waals surface area (Å²) in [5.41, 5.74) is 0.864. The largest absolute Gasteiger partial charge is 0.450 e. The second-order valence-electron chi connectivity index (χ2n) is 6.24. The van der Waals surface area contributed by atoms with Crippen molar-refractivity contribution in [2.75, 3.05) is 32.8 Å². The molecule has 0 bridgehead atoms. The maximum absolute atomic E-state index is 11.8. The lowest BCUT2D eigenvalue weighted by Gasteiger charge is -2.31. The van der Waals surface area contributed by atoms with Gasteiger partial charge in [0, 0.05) is 12.6 Å². The summed E-state index contributed by atoms with van der Waals surface area (Å²) in [5.74, 6) is 0.755. The fraction of sp³-hybridized carbons (Fsp3) is 0.471. The number of amides is 1. The van der Waals surface area contributed by atoms with Crippen molar-refractivity contribution in [2.24, 2.45) is 7.05 Å². The number of nitrogens with one attached hydrogen (secondary N) is 1. The summed E-state index contributed by atoms with van der Waals surface area (Å²) in [6.07, 6.45) is -0.234. The Bertz CT molecular complexity index is 842. The van der Waals surface area contributed by atoms with Gasteiger partial charge < -0.3 is 14.2 Å². The minimum Gasteiger partial charge on any atom is -0.450 e. The van der Waals surface area contributed by atoms with Crippen LogP contribution in [0.25, 0.3) is 11.4 Å². The first kappa shape index (κ1) is 18.9. The molecule has 1 aromatic carbocycles. The molecular formula is C17H23ClN5O2S+. The van der Waals surface area contributed by atoms with Gasteiger partial charge in [0.2, 0.25) is 4.77 Å². The van der Waals surface area contributed by atoms with Crippen LogP contribution in [0.2, 0.25) is 5.02 Å². The van der Waals surface area contributed by atoms with Crippen LogP contribution in [-0.4, -0.2) is 58.1 Å². The van der Waals surface area contributed by atoms with Crippen molar-refractivity contribution in [3.63, 3.8) is 0 Å². The van der Waals surface area contributed by atoms with Gasteiger partial charge in [0.15, 0.2) is 12.5 Å². The Morgan fingerprint density at radius 1 is 1.35 bits per heavy atom. The predicted octanol–water partition coefficient (Wildman–Crippen LogP) is 1.59. The van der Waals surface area contributed by atoms with E-state index in [1.54, 1.807) is 4.90 Å². The number of aromatic nitrogens is 3. The molecule has 26 heavy (non-hydrogen) atoms. The molecule has 1 N–H and O–H groups in total. The Morgan fingerprint density at radius 2 is 2.04 bits per heavy atom. The molecule has 0 atom stereocenters. The lowest BCUT2D eigenvalue weighted by molar-refractivity contribution is -0.927. The third-order valence-corrected chi connectivity index (χ3v) is 5.34. The first-order valence-corrected chi connectivity index (χ1v) is 9.44. The minimum atomic E-state index is -0.234. The second kappa shape index (κ2) is 8.20. The highest BCUT2D eigenvalue weighted by molar-refractivity contribution is 7.71. The molecule has 7 nitrogen and oxygen atoms in total. The summed E-state index contributed by atoms with van der Waals surface area (Å²) in [5, 5.41) is 5.33. The monoisotopic (exact) mass is 396 g/mol. The third kappa shape index (κ3) is 3.92. The summed E-state index contributed by atoms with van der Waals surface area (Å²) < 4.78 is 9.43. The molecule has 1 aromatic heterocycles. The zero-order chi connectivity index (χ0) is 18.7. The van der Waals surface area contributed by atoms with Gasteiger partial charge in [-0.2, -0.15) is 4.68 Å². The first-order chi connectivity index (χ1) is 12.5. The van der Waals surface area contributed by atoms with Crippen LogP contribution in [0.15, 0.2) is 24.3 Å². The second-order valence-corrected chi connectivity index (χ2v) is 7.01. The zero-order valence-corrected chi connectivity index (χ0v) is 16.5. The van der Waals surface area contributed by atoms with Gasteiger partial charge in [-0.15, -0.1) is 5.10 Å². The summed E-state index contributed by atoms with van der Waals surface area (Å²) in [7, 11) is 1.90. The Morgan fingerprint density at radius 3 is 2.69 bits per heavy atom. The molecule has 0 radical (unpaired) electrons. The van der Waals surface area contributed by atoms with Gasteiger partial charge in [-0.25, -0.2) is 4.79 Å². The van der Waals surface area contributed by atoms with E-state index < -0.39 is 0 Å². The normalized spacial score (nSPS) is 15.3. The number of carbonyl (C=O) groups is 1. The van der Waals surface area contributed by atoms with Crippen LogP contribution in [0.4, 0.5) is 4.79 Å². The maximum Gasteiger partial charge on any atom is 0.410 e. The van der Waals surface area contributed by atoms with Crippen LogP contribution in [0, 0.1) is 4.77 Å². The molecule has 1 aliphatic heterocycles. The Balaban J connectivity index is 1.70. The van der Waals surface area contributed by atoms with E-state index in [0.29, 0.717) is 36.2 Å². The van der Waals surface area contributed by atoms with Gasteiger partial charge in [0.25, 0.3) is 0 Å². The summed E-state index contributed by atoms with van der Waals surface area (Å²) >= 11 is 11.9. The van der Waals surface area contributed by atoms with Crippen molar-refractivity contribution >= 4 is 29.9 Å². The Labute approximate surface area is 162 Å². The number of hydrogen-bond donors (Lipinski definition) is 1. The molecule has 0 spiro atoms. The van der Waals surface area contributed by atoms with E-state index >= 15 is 0 Å². The fourth-order valence-corrected chi connectivity index (χ4v) is 3.47. The van der Waals surface area contributed by atoms with Gasteiger partial charge in [-0.05, 0) is 31.3 Å². The van der Waals surface area contributed by atoms with E-state index in [0.717, 1.165) is 24.5 Å². The quantitative estimate of drug-likeness (QED) is 0.797. The zero-order valence-electron chi connectivity index (χ0n) is 14.9. The van der Waals surface area contributed by atoms with Crippen molar-refractivity contribution in [1.82, 2.24) is 19.2 Å². The number of nitrogens with zero attached hydrogens (tertiary/aromatic N) is 4. The van der Waals surface area contributed by atoms with Gasteiger partial charge in [0.05, 0.1) is 37.8 Å². The molecule has 140 valence electrons. The lowest BCUT2D eigenvalue weighted by Crippen LogP contribution is -3.14. The van der Waals surface area contributed by atoms with Crippen LogP contribution in [0.5, 0.6) is 0 Å². The predicted molar refractivity (Wildman–Crippen MR) is 102 cm³/mol. The number of rotatable bonds is 4. The highest BCUT2D eigenvalue weighted by atomic mass is 35.5. The number of carbonyl (C=O) groups excluding carboxylic acids is 1. The third-order valence-electron chi connectivity index (χ3n) is 4.53. The average molecular weight is 397 g/mol. The van der Waals surface area contributed by atoms with Crippen molar-refractivity contribution in [1.29, 1.82) is 0 Å². The number of ether oxygens (including phenoxy) is 1. The summed E-state index contributed by atoms with van der Waals surface area (Å²) in [6.45, 7) is 5.89. The van der Waals surface area contributed by atoms with E-state index in [1.807, 2.05) is 47.5 Å². The van der Waals surface area contributed by atoms with Crippen molar-refractivity contribution in [2.45, 2.75) is 13.6 Å². The lowest BCUT2D eigenvalue weighted by atomic mass is 10.2.